The van der Waals surface area contributed by atoms with E-state index in [0.29, 0.717) is 12.5 Å². The molecule has 6 heteroatoms. The molecule has 26 heavy (non-hydrogen) atoms. The number of rotatable bonds is 8. The summed E-state index contributed by atoms with van der Waals surface area (Å²) < 4.78 is 5.37. The summed E-state index contributed by atoms with van der Waals surface area (Å²) in [5, 5.41) is 11.4. The zero-order valence-corrected chi connectivity index (χ0v) is 15.1. The van der Waals surface area contributed by atoms with Gasteiger partial charge in [0.1, 0.15) is 5.75 Å². The van der Waals surface area contributed by atoms with Crippen LogP contribution in [0.4, 0.5) is 11.8 Å². The van der Waals surface area contributed by atoms with Crippen LogP contribution in [0.25, 0.3) is 0 Å². The number of methoxy groups -OCH3 is 1. The molecule has 0 atom stereocenters. The SMILES string of the molecule is CCN(Cc1ccccc1)c1cnnc(NCc2ccccc2OC)n1. The van der Waals surface area contributed by atoms with E-state index >= 15 is 0 Å². The lowest BCUT2D eigenvalue weighted by molar-refractivity contribution is 0.410. The molecule has 0 unspecified atom stereocenters. The molecule has 0 spiro atoms. The van der Waals surface area contributed by atoms with Gasteiger partial charge in [-0.05, 0) is 18.6 Å². The van der Waals surface area contributed by atoms with E-state index in [4.69, 9.17) is 4.74 Å². The Bertz CT molecular complexity index is 825. The van der Waals surface area contributed by atoms with E-state index in [1.165, 1.54) is 5.56 Å². The molecule has 1 aromatic heterocycles. The van der Waals surface area contributed by atoms with E-state index in [2.05, 4.69) is 44.5 Å². The first kappa shape index (κ1) is 17.7. The zero-order chi connectivity index (χ0) is 18.2. The summed E-state index contributed by atoms with van der Waals surface area (Å²) >= 11 is 0. The average molecular weight is 349 g/mol. The van der Waals surface area contributed by atoms with Crippen LogP contribution in [0.3, 0.4) is 0 Å². The predicted octanol–water partition coefficient (Wildman–Crippen LogP) is 3.52. The molecule has 0 saturated carbocycles. The van der Waals surface area contributed by atoms with Crippen LogP contribution in [-0.2, 0) is 13.1 Å². The minimum atomic E-state index is 0.500. The molecule has 0 aliphatic carbocycles. The van der Waals surface area contributed by atoms with Crippen molar-refractivity contribution in [3.8, 4) is 5.75 Å². The normalized spacial score (nSPS) is 10.4. The molecule has 0 radical (unpaired) electrons. The number of ether oxygens (including phenoxy) is 1. The smallest absolute Gasteiger partial charge is 0.244 e. The Morgan fingerprint density at radius 2 is 1.81 bits per heavy atom. The molecule has 6 nitrogen and oxygen atoms in total. The number of hydrogen-bond donors (Lipinski definition) is 1. The first-order valence-electron chi connectivity index (χ1n) is 8.64. The van der Waals surface area contributed by atoms with Gasteiger partial charge in [-0.2, -0.15) is 10.1 Å². The lowest BCUT2D eigenvalue weighted by Crippen LogP contribution is -2.24. The first-order chi connectivity index (χ1) is 12.8. The Morgan fingerprint density at radius 1 is 1.04 bits per heavy atom. The third-order valence-electron chi connectivity index (χ3n) is 4.10. The Morgan fingerprint density at radius 3 is 2.58 bits per heavy atom. The van der Waals surface area contributed by atoms with Crippen molar-refractivity contribution in [2.45, 2.75) is 20.0 Å². The number of para-hydroxylation sites is 1. The Balaban J connectivity index is 1.70. The molecule has 0 aliphatic heterocycles. The molecular weight excluding hydrogens is 326 g/mol. The maximum absolute atomic E-state index is 5.37. The minimum Gasteiger partial charge on any atom is -0.496 e. The van der Waals surface area contributed by atoms with Crippen molar-refractivity contribution in [2.24, 2.45) is 0 Å². The molecule has 1 N–H and O–H groups in total. The van der Waals surface area contributed by atoms with Crippen molar-refractivity contribution in [2.75, 3.05) is 23.9 Å². The number of nitrogens with zero attached hydrogens (tertiary/aromatic N) is 4. The van der Waals surface area contributed by atoms with E-state index in [9.17, 15) is 0 Å². The quantitative estimate of drug-likeness (QED) is 0.671. The molecule has 0 saturated heterocycles. The van der Waals surface area contributed by atoms with E-state index in [1.807, 2.05) is 42.5 Å². The zero-order valence-electron chi connectivity index (χ0n) is 15.1. The Kier molecular flexibility index (Phi) is 5.98. The second-order valence-corrected chi connectivity index (χ2v) is 5.80. The first-order valence-corrected chi connectivity index (χ1v) is 8.64. The minimum absolute atomic E-state index is 0.500. The molecule has 0 fully saturated rings. The number of aromatic nitrogens is 3. The molecule has 0 bridgehead atoms. The average Bonchev–Trinajstić information content (AvgIpc) is 2.71. The fraction of sp³-hybridized carbons (Fsp3) is 0.250. The van der Waals surface area contributed by atoms with Crippen molar-refractivity contribution in [1.82, 2.24) is 15.2 Å². The van der Waals surface area contributed by atoms with Crippen molar-refractivity contribution >= 4 is 11.8 Å². The highest BCUT2D eigenvalue weighted by molar-refractivity contribution is 5.42. The molecule has 0 aliphatic rings. The molecule has 0 amide bonds. The summed E-state index contributed by atoms with van der Waals surface area (Å²) in [6.45, 7) is 4.29. The summed E-state index contributed by atoms with van der Waals surface area (Å²) in [5.41, 5.74) is 2.28. The van der Waals surface area contributed by atoms with E-state index in [0.717, 1.165) is 30.2 Å². The van der Waals surface area contributed by atoms with Gasteiger partial charge >= 0.3 is 0 Å². The van der Waals surface area contributed by atoms with Crippen molar-refractivity contribution in [3.05, 3.63) is 71.9 Å². The van der Waals surface area contributed by atoms with E-state index in [-0.39, 0.29) is 0 Å². The topological polar surface area (TPSA) is 63.2 Å². The Labute approximate surface area is 153 Å². The maximum Gasteiger partial charge on any atom is 0.244 e. The molecule has 3 rings (SSSR count). The van der Waals surface area contributed by atoms with E-state index in [1.54, 1.807) is 13.3 Å². The number of nitrogens with one attached hydrogen (secondary N) is 1. The second-order valence-electron chi connectivity index (χ2n) is 5.80. The molecule has 3 aromatic rings. The van der Waals surface area contributed by atoms with Gasteiger partial charge in [0.25, 0.3) is 0 Å². The van der Waals surface area contributed by atoms with Crippen LogP contribution in [0, 0.1) is 0 Å². The third-order valence-corrected chi connectivity index (χ3v) is 4.10. The van der Waals surface area contributed by atoms with Crippen LogP contribution < -0.4 is 15.0 Å². The van der Waals surface area contributed by atoms with Gasteiger partial charge in [0.15, 0.2) is 5.82 Å². The van der Waals surface area contributed by atoms with Crippen LogP contribution in [0.2, 0.25) is 0 Å². The summed E-state index contributed by atoms with van der Waals surface area (Å²) in [6.07, 6.45) is 1.70. The van der Waals surface area contributed by atoms with Crippen LogP contribution in [-0.4, -0.2) is 28.8 Å². The van der Waals surface area contributed by atoms with Gasteiger partial charge in [-0.3, -0.25) is 0 Å². The van der Waals surface area contributed by atoms with Gasteiger partial charge in [0.05, 0.1) is 13.3 Å². The standard InChI is InChI=1S/C20H23N5O/c1-3-25(15-16-9-5-4-6-10-16)19-14-22-24-20(23-19)21-13-17-11-7-8-12-18(17)26-2/h4-12,14H,3,13,15H2,1-2H3,(H,21,23,24). The highest BCUT2D eigenvalue weighted by Crippen LogP contribution is 2.19. The fourth-order valence-electron chi connectivity index (χ4n) is 2.70. The van der Waals surface area contributed by atoms with Crippen molar-refractivity contribution in [1.29, 1.82) is 0 Å². The molecule has 1 heterocycles. The van der Waals surface area contributed by atoms with Crippen LogP contribution in [0.5, 0.6) is 5.75 Å². The highest BCUT2D eigenvalue weighted by Gasteiger charge is 2.10. The van der Waals surface area contributed by atoms with Crippen molar-refractivity contribution in [3.63, 3.8) is 0 Å². The lowest BCUT2D eigenvalue weighted by atomic mass is 10.2. The van der Waals surface area contributed by atoms with Gasteiger partial charge in [0.2, 0.25) is 5.95 Å². The Hall–Kier alpha value is -3.15. The number of anilines is 2. The highest BCUT2D eigenvalue weighted by atomic mass is 16.5. The van der Waals surface area contributed by atoms with Gasteiger partial charge in [0, 0.05) is 25.2 Å². The fourth-order valence-corrected chi connectivity index (χ4v) is 2.70. The van der Waals surface area contributed by atoms with Gasteiger partial charge in [-0.15, -0.1) is 5.10 Å². The summed E-state index contributed by atoms with van der Waals surface area (Å²) in [6, 6.07) is 18.2. The summed E-state index contributed by atoms with van der Waals surface area (Å²) in [4.78, 5) is 6.78. The third kappa shape index (κ3) is 4.47. The van der Waals surface area contributed by atoms with Gasteiger partial charge in [-0.25, -0.2) is 0 Å². The van der Waals surface area contributed by atoms with Crippen LogP contribution in [0.1, 0.15) is 18.1 Å². The molecular formula is C20H23N5O. The lowest BCUT2D eigenvalue weighted by Gasteiger charge is -2.21. The molecule has 134 valence electrons. The second kappa shape index (κ2) is 8.80. The van der Waals surface area contributed by atoms with Crippen molar-refractivity contribution < 1.29 is 4.74 Å². The van der Waals surface area contributed by atoms with E-state index < -0.39 is 0 Å². The number of hydrogen-bond acceptors (Lipinski definition) is 6. The molecule has 2 aromatic carbocycles. The van der Waals surface area contributed by atoms with Crippen LogP contribution >= 0.6 is 0 Å². The maximum atomic E-state index is 5.37. The van der Waals surface area contributed by atoms with Gasteiger partial charge in [-0.1, -0.05) is 48.5 Å². The monoisotopic (exact) mass is 349 g/mol. The predicted molar refractivity (Wildman–Crippen MR) is 103 cm³/mol. The van der Waals surface area contributed by atoms with Gasteiger partial charge < -0.3 is 15.0 Å². The number of benzene rings is 2. The van der Waals surface area contributed by atoms with Crippen LogP contribution in [0.15, 0.2) is 60.8 Å². The largest absolute Gasteiger partial charge is 0.496 e. The summed E-state index contributed by atoms with van der Waals surface area (Å²) in [5.74, 6) is 2.14. The summed E-state index contributed by atoms with van der Waals surface area (Å²) in [7, 11) is 1.67.